The Morgan fingerprint density at radius 1 is 1.71 bits per heavy atom. The highest BCUT2D eigenvalue weighted by atomic mass is 16.6. The molecule has 0 spiro atoms. The second-order valence-electron chi connectivity index (χ2n) is 3.93. The number of hydrogen-bond acceptors (Lipinski definition) is 3. The number of carbonyl (C=O) groups excluding carboxylic acids is 1. The van der Waals surface area contributed by atoms with Gasteiger partial charge in [-0.15, -0.1) is 6.58 Å². The SMILES string of the molecule is C=CCn1ccc(N2C[C@H](COC)OC2=O)c1. The van der Waals surface area contributed by atoms with E-state index in [1.54, 1.807) is 18.1 Å². The molecule has 2 heterocycles. The summed E-state index contributed by atoms with van der Waals surface area (Å²) in [5.74, 6) is 0. The second-order valence-corrected chi connectivity index (χ2v) is 3.93. The molecule has 1 aliphatic heterocycles. The lowest BCUT2D eigenvalue weighted by molar-refractivity contribution is 0.0718. The Hall–Kier alpha value is -1.75. The van der Waals surface area contributed by atoms with Gasteiger partial charge >= 0.3 is 6.09 Å². The highest BCUT2D eigenvalue weighted by molar-refractivity contribution is 5.89. The van der Waals surface area contributed by atoms with E-state index in [0.717, 1.165) is 12.2 Å². The highest BCUT2D eigenvalue weighted by Gasteiger charge is 2.32. The molecule has 5 nitrogen and oxygen atoms in total. The van der Waals surface area contributed by atoms with Crippen molar-refractivity contribution in [2.75, 3.05) is 25.2 Å². The van der Waals surface area contributed by atoms with E-state index < -0.39 is 0 Å². The molecular weight excluding hydrogens is 220 g/mol. The molecule has 0 N–H and O–H groups in total. The molecule has 1 fully saturated rings. The first-order valence-corrected chi connectivity index (χ1v) is 5.48. The van der Waals surface area contributed by atoms with Gasteiger partial charge in [-0.3, -0.25) is 4.90 Å². The molecule has 0 aliphatic carbocycles. The van der Waals surface area contributed by atoms with Crippen LogP contribution in [-0.4, -0.2) is 37.0 Å². The number of allylic oxidation sites excluding steroid dienone is 1. The van der Waals surface area contributed by atoms with E-state index in [4.69, 9.17) is 9.47 Å². The third-order valence-electron chi connectivity index (χ3n) is 2.61. The molecule has 2 rings (SSSR count). The molecule has 5 heteroatoms. The average molecular weight is 236 g/mol. The molecule has 1 saturated heterocycles. The highest BCUT2D eigenvalue weighted by Crippen LogP contribution is 2.22. The summed E-state index contributed by atoms with van der Waals surface area (Å²) in [6, 6.07) is 1.89. The molecule has 1 atom stereocenters. The number of hydrogen-bond donors (Lipinski definition) is 0. The minimum atomic E-state index is -0.316. The monoisotopic (exact) mass is 236 g/mol. The van der Waals surface area contributed by atoms with Gasteiger partial charge in [0.1, 0.15) is 6.10 Å². The normalized spacial score (nSPS) is 19.5. The van der Waals surface area contributed by atoms with Crippen LogP contribution in [0.4, 0.5) is 10.5 Å². The molecule has 1 amide bonds. The standard InChI is InChI=1S/C12H16N2O3/c1-3-5-13-6-4-10(7-13)14-8-11(9-16-2)17-12(14)15/h3-4,6-7,11H,1,5,8-9H2,2H3/t11-/m1/s1. The zero-order chi connectivity index (χ0) is 12.3. The molecule has 0 unspecified atom stereocenters. The molecule has 92 valence electrons. The van der Waals surface area contributed by atoms with Gasteiger partial charge in [-0.25, -0.2) is 4.79 Å². The number of amides is 1. The fourth-order valence-electron chi connectivity index (χ4n) is 1.86. The first-order chi connectivity index (χ1) is 8.24. The van der Waals surface area contributed by atoms with Gasteiger partial charge in [0.25, 0.3) is 0 Å². The third kappa shape index (κ3) is 2.50. The second kappa shape index (κ2) is 5.05. The molecule has 17 heavy (non-hydrogen) atoms. The quantitative estimate of drug-likeness (QED) is 0.730. The van der Waals surface area contributed by atoms with E-state index in [-0.39, 0.29) is 12.2 Å². The number of rotatable bonds is 5. The fourth-order valence-corrected chi connectivity index (χ4v) is 1.86. The zero-order valence-corrected chi connectivity index (χ0v) is 9.83. The number of cyclic esters (lactones) is 1. The molecular formula is C12H16N2O3. The van der Waals surface area contributed by atoms with Crippen molar-refractivity contribution in [3.8, 4) is 0 Å². The van der Waals surface area contributed by atoms with Gasteiger partial charge in [-0.1, -0.05) is 6.08 Å². The number of methoxy groups -OCH3 is 1. The largest absolute Gasteiger partial charge is 0.441 e. The van der Waals surface area contributed by atoms with Crippen LogP contribution >= 0.6 is 0 Å². The summed E-state index contributed by atoms with van der Waals surface area (Å²) in [7, 11) is 1.59. The summed E-state index contributed by atoms with van der Waals surface area (Å²) in [5, 5.41) is 0. The van der Waals surface area contributed by atoms with Crippen LogP contribution < -0.4 is 4.90 Å². The minimum absolute atomic E-state index is 0.185. The van der Waals surface area contributed by atoms with Crippen molar-refractivity contribution in [2.24, 2.45) is 0 Å². The molecule has 0 radical (unpaired) electrons. The van der Waals surface area contributed by atoms with E-state index in [9.17, 15) is 4.79 Å². The van der Waals surface area contributed by atoms with Crippen molar-refractivity contribution in [1.29, 1.82) is 0 Å². The minimum Gasteiger partial charge on any atom is -0.441 e. The van der Waals surface area contributed by atoms with E-state index in [0.29, 0.717) is 13.2 Å². The van der Waals surface area contributed by atoms with Crippen LogP contribution in [0.5, 0.6) is 0 Å². The summed E-state index contributed by atoms with van der Waals surface area (Å²) in [5.41, 5.74) is 0.843. The maximum atomic E-state index is 11.6. The molecule has 1 aromatic heterocycles. The summed E-state index contributed by atoms with van der Waals surface area (Å²) < 4.78 is 12.1. The van der Waals surface area contributed by atoms with Crippen molar-refractivity contribution in [3.05, 3.63) is 31.1 Å². The van der Waals surface area contributed by atoms with E-state index in [1.165, 1.54) is 0 Å². The Balaban J connectivity index is 2.06. The Bertz CT molecular complexity index is 414. The average Bonchev–Trinajstić information content (AvgIpc) is 2.87. The number of anilines is 1. The van der Waals surface area contributed by atoms with Crippen LogP contribution in [0.1, 0.15) is 0 Å². The first kappa shape index (κ1) is 11.7. The maximum Gasteiger partial charge on any atom is 0.414 e. The Labute approximate surface area is 100 Å². The van der Waals surface area contributed by atoms with Crippen molar-refractivity contribution < 1.29 is 14.3 Å². The van der Waals surface area contributed by atoms with E-state index >= 15 is 0 Å². The molecule has 0 bridgehead atoms. The van der Waals surface area contributed by atoms with E-state index in [2.05, 4.69) is 6.58 Å². The van der Waals surface area contributed by atoms with Gasteiger partial charge in [0, 0.05) is 26.0 Å². The summed E-state index contributed by atoms with van der Waals surface area (Å²) in [4.78, 5) is 13.3. The molecule has 0 aromatic carbocycles. The van der Waals surface area contributed by atoms with Gasteiger partial charge in [0.15, 0.2) is 0 Å². The van der Waals surface area contributed by atoms with Crippen molar-refractivity contribution >= 4 is 11.8 Å². The molecule has 0 saturated carbocycles. The van der Waals surface area contributed by atoms with Crippen LogP contribution in [0.2, 0.25) is 0 Å². The predicted octanol–water partition coefficient (Wildman–Crippen LogP) is 1.65. The lowest BCUT2D eigenvalue weighted by Crippen LogP contribution is -2.25. The molecule has 1 aliphatic rings. The van der Waals surface area contributed by atoms with Crippen LogP contribution in [0.25, 0.3) is 0 Å². The Morgan fingerprint density at radius 3 is 3.24 bits per heavy atom. The lowest BCUT2D eigenvalue weighted by atomic mass is 10.3. The van der Waals surface area contributed by atoms with Gasteiger partial charge in [-0.2, -0.15) is 0 Å². The summed E-state index contributed by atoms with van der Waals surface area (Å²) in [6.45, 7) is 5.36. The lowest BCUT2D eigenvalue weighted by Gasteiger charge is -2.09. The summed E-state index contributed by atoms with van der Waals surface area (Å²) >= 11 is 0. The van der Waals surface area contributed by atoms with Crippen LogP contribution in [0.3, 0.4) is 0 Å². The van der Waals surface area contributed by atoms with Gasteiger partial charge in [0.2, 0.25) is 0 Å². The fraction of sp³-hybridized carbons (Fsp3) is 0.417. The van der Waals surface area contributed by atoms with Crippen molar-refractivity contribution in [3.63, 3.8) is 0 Å². The van der Waals surface area contributed by atoms with Gasteiger partial charge in [0.05, 0.1) is 18.8 Å². The number of aromatic nitrogens is 1. The number of nitrogens with zero attached hydrogens (tertiary/aromatic N) is 2. The van der Waals surface area contributed by atoms with Gasteiger partial charge in [-0.05, 0) is 6.07 Å². The third-order valence-corrected chi connectivity index (χ3v) is 2.61. The van der Waals surface area contributed by atoms with Crippen LogP contribution in [0, 0.1) is 0 Å². The Morgan fingerprint density at radius 2 is 2.53 bits per heavy atom. The predicted molar refractivity (Wildman–Crippen MR) is 64.1 cm³/mol. The van der Waals surface area contributed by atoms with Crippen LogP contribution in [-0.2, 0) is 16.0 Å². The summed E-state index contributed by atoms with van der Waals surface area (Å²) in [6.07, 6.45) is 5.12. The Kier molecular flexibility index (Phi) is 3.49. The topological polar surface area (TPSA) is 43.7 Å². The number of ether oxygens (including phenoxy) is 2. The number of carbonyl (C=O) groups is 1. The van der Waals surface area contributed by atoms with Crippen LogP contribution in [0.15, 0.2) is 31.1 Å². The van der Waals surface area contributed by atoms with Crippen molar-refractivity contribution in [1.82, 2.24) is 4.57 Å². The molecule has 1 aromatic rings. The first-order valence-electron chi connectivity index (χ1n) is 5.48. The van der Waals surface area contributed by atoms with Crippen molar-refractivity contribution in [2.45, 2.75) is 12.6 Å². The van der Waals surface area contributed by atoms with Gasteiger partial charge < -0.3 is 14.0 Å². The van der Waals surface area contributed by atoms with E-state index in [1.807, 2.05) is 23.0 Å². The smallest absolute Gasteiger partial charge is 0.414 e. The zero-order valence-electron chi connectivity index (χ0n) is 9.83. The maximum absolute atomic E-state index is 11.6.